The van der Waals surface area contributed by atoms with Gasteiger partial charge in [-0.25, -0.2) is 4.79 Å². The zero-order valence-electron chi connectivity index (χ0n) is 9.02. The molecule has 1 rings (SSSR count). The molecule has 0 radical (unpaired) electrons. The Kier molecular flexibility index (Phi) is 4.01. The zero-order valence-corrected chi connectivity index (χ0v) is 9.02. The van der Waals surface area contributed by atoms with Crippen LogP contribution in [0.25, 0.3) is 0 Å². The van der Waals surface area contributed by atoms with Crippen LogP contribution in [0, 0.1) is 6.92 Å². The highest BCUT2D eigenvalue weighted by Gasteiger charge is 2.24. The lowest BCUT2D eigenvalue weighted by atomic mass is 10.3. The van der Waals surface area contributed by atoms with E-state index < -0.39 is 17.9 Å². The molecule has 1 unspecified atom stereocenters. The molecule has 1 aromatic heterocycles. The first kappa shape index (κ1) is 12.2. The highest BCUT2D eigenvalue weighted by molar-refractivity contribution is 6.07. The van der Waals surface area contributed by atoms with Crippen LogP contribution in [-0.4, -0.2) is 29.7 Å². The van der Waals surface area contributed by atoms with E-state index in [1.807, 2.05) is 0 Å². The lowest BCUT2D eigenvalue weighted by Gasteiger charge is -2.08. The summed E-state index contributed by atoms with van der Waals surface area (Å²) < 4.78 is 9.33. The van der Waals surface area contributed by atoms with Crippen LogP contribution in [0.15, 0.2) is 10.6 Å². The van der Waals surface area contributed by atoms with Crippen LogP contribution in [0.2, 0.25) is 0 Å². The van der Waals surface area contributed by atoms with Gasteiger partial charge in [-0.05, 0) is 13.8 Å². The Morgan fingerprint density at radius 2 is 2.38 bits per heavy atom. The van der Waals surface area contributed by atoms with E-state index in [4.69, 9.17) is 10.3 Å². The average Bonchev–Trinajstić information content (AvgIpc) is 2.63. The summed E-state index contributed by atoms with van der Waals surface area (Å²) in [5, 5.41) is 5.87. The number of ether oxygens (including phenoxy) is 1. The number of esters is 1. The van der Waals surface area contributed by atoms with Crippen molar-refractivity contribution in [3.8, 4) is 0 Å². The van der Waals surface area contributed by atoms with Crippen LogP contribution in [0.5, 0.6) is 0 Å². The number of nitrogens with one attached hydrogen (secondary N) is 1. The van der Waals surface area contributed by atoms with Gasteiger partial charge in [0.15, 0.2) is 6.04 Å². The number of aromatic nitrogens is 1. The zero-order chi connectivity index (χ0) is 12.1. The van der Waals surface area contributed by atoms with Gasteiger partial charge in [0, 0.05) is 6.07 Å². The number of aryl methyl sites for hydroxylation is 1. The second-order valence-corrected chi connectivity index (χ2v) is 3.05. The Balaban J connectivity index is 2.55. The fourth-order valence-electron chi connectivity index (χ4n) is 0.961. The molecule has 16 heavy (non-hydrogen) atoms. The van der Waals surface area contributed by atoms with Crippen LogP contribution in [0.4, 0.5) is 5.88 Å². The second kappa shape index (κ2) is 5.26. The van der Waals surface area contributed by atoms with Crippen LogP contribution in [0.1, 0.15) is 12.6 Å². The van der Waals surface area contributed by atoms with Crippen molar-refractivity contribution < 1.29 is 18.8 Å². The molecule has 7 nitrogen and oxygen atoms in total. The summed E-state index contributed by atoms with van der Waals surface area (Å²) in [6.45, 7) is 3.49. The number of nitrogens with two attached hydrogens (primary N) is 1. The van der Waals surface area contributed by atoms with Gasteiger partial charge in [0.25, 0.3) is 5.91 Å². The van der Waals surface area contributed by atoms with E-state index in [0.717, 1.165) is 0 Å². The molecule has 7 heteroatoms. The van der Waals surface area contributed by atoms with Crippen LogP contribution in [0.3, 0.4) is 0 Å². The van der Waals surface area contributed by atoms with Gasteiger partial charge in [0.2, 0.25) is 5.88 Å². The summed E-state index contributed by atoms with van der Waals surface area (Å²) in [7, 11) is 0. The summed E-state index contributed by atoms with van der Waals surface area (Å²) in [4.78, 5) is 22.5. The maximum atomic E-state index is 11.4. The fraction of sp³-hybridized carbons (Fsp3) is 0.444. The molecule has 0 saturated carbocycles. The molecule has 3 N–H and O–H groups in total. The molecule has 0 aliphatic heterocycles. The smallest absolute Gasteiger partial charge is 0.332 e. The van der Waals surface area contributed by atoms with Crippen molar-refractivity contribution in [2.75, 3.05) is 11.9 Å². The number of amides is 1. The Hall–Kier alpha value is -1.89. The number of hydrogen-bond acceptors (Lipinski definition) is 6. The molecule has 1 atom stereocenters. The lowest BCUT2D eigenvalue weighted by molar-refractivity contribution is -0.146. The first-order valence-electron chi connectivity index (χ1n) is 4.71. The van der Waals surface area contributed by atoms with E-state index in [-0.39, 0.29) is 12.5 Å². The Morgan fingerprint density at radius 1 is 1.69 bits per heavy atom. The van der Waals surface area contributed by atoms with Crippen molar-refractivity contribution in [3.63, 3.8) is 0 Å². The van der Waals surface area contributed by atoms with Gasteiger partial charge in [-0.1, -0.05) is 5.16 Å². The lowest BCUT2D eigenvalue weighted by Crippen LogP contribution is -2.43. The fourth-order valence-corrected chi connectivity index (χ4v) is 0.961. The first-order valence-corrected chi connectivity index (χ1v) is 4.71. The maximum Gasteiger partial charge on any atom is 0.332 e. The Labute approximate surface area is 91.9 Å². The number of carbonyl (C=O) groups excluding carboxylic acids is 2. The number of carbonyl (C=O) groups is 2. The van der Waals surface area contributed by atoms with Crippen LogP contribution in [-0.2, 0) is 14.3 Å². The molecule has 1 amide bonds. The van der Waals surface area contributed by atoms with Gasteiger partial charge in [-0.2, -0.15) is 0 Å². The molecule has 0 aliphatic carbocycles. The van der Waals surface area contributed by atoms with Gasteiger partial charge in [-0.3, -0.25) is 10.1 Å². The van der Waals surface area contributed by atoms with Crippen LogP contribution >= 0.6 is 0 Å². The average molecular weight is 227 g/mol. The van der Waals surface area contributed by atoms with E-state index in [1.54, 1.807) is 13.8 Å². The molecule has 0 aromatic carbocycles. The van der Waals surface area contributed by atoms with E-state index in [2.05, 4.69) is 15.2 Å². The normalized spacial score (nSPS) is 11.9. The number of rotatable bonds is 4. The summed E-state index contributed by atoms with van der Waals surface area (Å²) in [5.74, 6) is -1.34. The molecule has 1 aromatic rings. The Morgan fingerprint density at radius 3 is 2.88 bits per heavy atom. The predicted octanol–water partition coefficient (Wildman–Crippen LogP) is -0.188. The van der Waals surface area contributed by atoms with Gasteiger partial charge in [0.05, 0.1) is 12.3 Å². The maximum absolute atomic E-state index is 11.4. The number of anilines is 1. The van der Waals surface area contributed by atoms with Gasteiger partial charge in [-0.15, -0.1) is 0 Å². The summed E-state index contributed by atoms with van der Waals surface area (Å²) in [5.41, 5.74) is 5.96. The summed E-state index contributed by atoms with van der Waals surface area (Å²) in [6, 6.07) is 0.140. The minimum absolute atomic E-state index is 0.141. The molecule has 0 aliphatic rings. The van der Waals surface area contributed by atoms with Crippen molar-refractivity contribution in [3.05, 3.63) is 11.8 Å². The first-order chi connectivity index (χ1) is 7.54. The SMILES string of the molecule is CCOC(=O)C(N)C(=O)Nc1cc(C)no1. The van der Waals surface area contributed by atoms with E-state index in [0.29, 0.717) is 5.69 Å². The van der Waals surface area contributed by atoms with Crippen molar-refractivity contribution in [2.24, 2.45) is 5.73 Å². The minimum atomic E-state index is -1.37. The second-order valence-electron chi connectivity index (χ2n) is 3.05. The summed E-state index contributed by atoms with van der Waals surface area (Å²) in [6.07, 6.45) is 0. The molecule has 0 saturated heterocycles. The molecule has 88 valence electrons. The van der Waals surface area contributed by atoms with E-state index in [1.165, 1.54) is 6.07 Å². The molecule has 0 fully saturated rings. The monoisotopic (exact) mass is 227 g/mol. The van der Waals surface area contributed by atoms with Gasteiger partial charge < -0.3 is 15.0 Å². The van der Waals surface area contributed by atoms with Crippen molar-refractivity contribution in [1.29, 1.82) is 0 Å². The standard InChI is InChI=1S/C9H13N3O4/c1-3-15-9(14)7(10)8(13)11-6-4-5(2)12-16-6/h4,7H,3,10H2,1-2H3,(H,11,13). The van der Waals surface area contributed by atoms with Crippen molar-refractivity contribution >= 4 is 17.8 Å². The highest BCUT2D eigenvalue weighted by atomic mass is 16.5. The van der Waals surface area contributed by atoms with E-state index >= 15 is 0 Å². The van der Waals surface area contributed by atoms with Gasteiger partial charge in [0.1, 0.15) is 0 Å². The molecular weight excluding hydrogens is 214 g/mol. The largest absolute Gasteiger partial charge is 0.464 e. The predicted molar refractivity (Wildman–Crippen MR) is 54.5 cm³/mol. The third kappa shape index (κ3) is 3.06. The topological polar surface area (TPSA) is 107 Å². The number of hydrogen-bond donors (Lipinski definition) is 2. The molecule has 0 spiro atoms. The number of nitrogens with zero attached hydrogens (tertiary/aromatic N) is 1. The third-order valence-electron chi connectivity index (χ3n) is 1.70. The molecular formula is C9H13N3O4. The van der Waals surface area contributed by atoms with Gasteiger partial charge >= 0.3 is 5.97 Å². The molecule has 0 bridgehead atoms. The Bertz CT molecular complexity index is 388. The van der Waals surface area contributed by atoms with Crippen molar-refractivity contribution in [1.82, 2.24) is 5.16 Å². The summed E-state index contributed by atoms with van der Waals surface area (Å²) >= 11 is 0. The van der Waals surface area contributed by atoms with Crippen LogP contribution < -0.4 is 11.1 Å². The third-order valence-corrected chi connectivity index (χ3v) is 1.70. The quantitative estimate of drug-likeness (QED) is 0.545. The molecule has 1 heterocycles. The highest BCUT2D eigenvalue weighted by Crippen LogP contribution is 2.08. The van der Waals surface area contributed by atoms with E-state index in [9.17, 15) is 9.59 Å². The minimum Gasteiger partial charge on any atom is -0.464 e. The van der Waals surface area contributed by atoms with Crippen molar-refractivity contribution in [2.45, 2.75) is 19.9 Å².